The van der Waals surface area contributed by atoms with Crippen LogP contribution in [0.4, 0.5) is 5.69 Å². The highest BCUT2D eigenvalue weighted by molar-refractivity contribution is 5.93. The van der Waals surface area contributed by atoms with Crippen LogP contribution >= 0.6 is 0 Å². The van der Waals surface area contributed by atoms with E-state index in [4.69, 9.17) is 0 Å². The lowest BCUT2D eigenvalue weighted by Gasteiger charge is -2.12. The summed E-state index contributed by atoms with van der Waals surface area (Å²) in [5.41, 5.74) is 1.42. The van der Waals surface area contributed by atoms with E-state index in [9.17, 15) is 14.9 Å². The monoisotopic (exact) mass is 217 g/mol. The number of benzene rings is 1. The number of nitrogens with zero attached hydrogens (tertiary/aromatic N) is 1. The molecule has 0 bridgehead atoms. The first-order chi connectivity index (χ1) is 7.68. The smallest absolute Gasteiger partial charge is 0.276 e. The molecule has 0 radical (unpaired) electrons. The molecule has 1 aromatic rings. The van der Waals surface area contributed by atoms with Crippen LogP contribution in [0.1, 0.15) is 24.8 Å². The van der Waals surface area contributed by atoms with Crippen molar-refractivity contribution < 1.29 is 9.72 Å². The van der Waals surface area contributed by atoms with Gasteiger partial charge < -0.3 is 0 Å². The van der Waals surface area contributed by atoms with Crippen molar-refractivity contribution >= 4 is 17.0 Å². The lowest BCUT2D eigenvalue weighted by Crippen LogP contribution is -2.05. The van der Waals surface area contributed by atoms with Gasteiger partial charge in [0.25, 0.3) is 5.69 Å². The molecule has 0 N–H and O–H groups in total. The molecule has 0 heterocycles. The second-order valence-corrected chi connectivity index (χ2v) is 3.76. The van der Waals surface area contributed by atoms with Crippen molar-refractivity contribution in [2.24, 2.45) is 0 Å². The number of hydrogen-bond donors (Lipinski definition) is 0. The summed E-state index contributed by atoms with van der Waals surface area (Å²) in [7, 11) is 0. The fourth-order valence-electron chi connectivity index (χ4n) is 1.89. The molecular weight excluding hydrogens is 206 g/mol. The highest BCUT2D eigenvalue weighted by Gasteiger charge is 2.20. The van der Waals surface area contributed by atoms with Gasteiger partial charge in [-0.05, 0) is 18.1 Å². The largest absolute Gasteiger partial charge is 0.299 e. The zero-order chi connectivity index (χ0) is 11.5. The van der Waals surface area contributed by atoms with Gasteiger partial charge in [-0.3, -0.25) is 14.9 Å². The molecule has 0 saturated carbocycles. The predicted molar refractivity (Wildman–Crippen MR) is 59.9 cm³/mol. The summed E-state index contributed by atoms with van der Waals surface area (Å²) in [6, 6.07) is 6.55. The average Bonchev–Trinajstić information content (AvgIpc) is 2.29. The van der Waals surface area contributed by atoms with Crippen LogP contribution in [-0.2, 0) is 4.79 Å². The van der Waals surface area contributed by atoms with Gasteiger partial charge in [-0.25, -0.2) is 0 Å². The third kappa shape index (κ3) is 2.00. The summed E-state index contributed by atoms with van der Waals surface area (Å²) in [4.78, 5) is 21.7. The van der Waals surface area contributed by atoms with Crippen molar-refractivity contribution in [3.05, 3.63) is 46.0 Å². The maximum absolute atomic E-state index is 11.3. The molecular formula is C12H11NO3. The normalized spacial score (nSPS) is 15.8. The van der Waals surface area contributed by atoms with E-state index >= 15 is 0 Å². The summed E-state index contributed by atoms with van der Waals surface area (Å²) < 4.78 is 0. The number of carbonyl (C=O) groups excluding carboxylic acids is 1. The second kappa shape index (κ2) is 4.26. The molecule has 0 aliphatic heterocycles. The van der Waals surface area contributed by atoms with E-state index in [1.54, 1.807) is 18.2 Å². The molecule has 0 atom stereocenters. The quantitative estimate of drug-likeness (QED) is 0.565. The average molecular weight is 217 g/mol. The van der Waals surface area contributed by atoms with Crippen molar-refractivity contribution in [3.63, 3.8) is 0 Å². The van der Waals surface area contributed by atoms with Crippen molar-refractivity contribution in [2.75, 3.05) is 0 Å². The predicted octanol–water partition coefficient (Wildman–Crippen LogP) is 2.73. The lowest BCUT2D eigenvalue weighted by atomic mass is 9.92. The summed E-state index contributed by atoms with van der Waals surface area (Å²) in [5.74, 6) is 0.149. The lowest BCUT2D eigenvalue weighted by molar-refractivity contribution is -0.385. The maximum atomic E-state index is 11.3. The number of nitro benzene ring substituents is 1. The molecule has 0 fully saturated rings. The molecule has 82 valence electrons. The Morgan fingerprint density at radius 2 is 2.00 bits per heavy atom. The Bertz CT molecular complexity index is 477. The molecule has 4 heteroatoms. The first-order valence-electron chi connectivity index (χ1n) is 5.13. The van der Waals surface area contributed by atoms with Crippen molar-refractivity contribution in [3.8, 4) is 0 Å². The highest BCUT2D eigenvalue weighted by Crippen LogP contribution is 2.31. The van der Waals surface area contributed by atoms with Crippen LogP contribution in [0.15, 0.2) is 30.3 Å². The number of Topliss-reactive ketones (excluding diaryl/α,β-unsaturated/α-hetero) is 1. The Labute approximate surface area is 92.7 Å². The summed E-state index contributed by atoms with van der Waals surface area (Å²) in [6.45, 7) is 0. The number of nitro groups is 1. The summed E-state index contributed by atoms with van der Waals surface area (Å²) >= 11 is 0. The van der Waals surface area contributed by atoms with E-state index in [1.807, 2.05) is 6.08 Å². The summed E-state index contributed by atoms with van der Waals surface area (Å²) in [5, 5.41) is 10.8. The van der Waals surface area contributed by atoms with Crippen LogP contribution < -0.4 is 0 Å². The van der Waals surface area contributed by atoms with Gasteiger partial charge in [0, 0.05) is 18.9 Å². The number of rotatable bonds is 2. The second-order valence-electron chi connectivity index (χ2n) is 3.76. The van der Waals surface area contributed by atoms with Gasteiger partial charge in [-0.15, -0.1) is 0 Å². The standard InChI is InChI=1S/C12H11NO3/c14-10-5-3-4-9(8-10)11-6-1-2-7-12(11)13(15)16/h1-2,4,6-7H,3,5,8H2. The van der Waals surface area contributed by atoms with E-state index < -0.39 is 4.92 Å². The van der Waals surface area contributed by atoms with Crippen LogP contribution in [0, 0.1) is 10.1 Å². The van der Waals surface area contributed by atoms with Crippen molar-refractivity contribution in [1.29, 1.82) is 0 Å². The molecule has 0 aromatic heterocycles. The van der Waals surface area contributed by atoms with Crippen LogP contribution in [0.3, 0.4) is 0 Å². The number of hydrogen-bond acceptors (Lipinski definition) is 3. The highest BCUT2D eigenvalue weighted by atomic mass is 16.6. The van der Waals surface area contributed by atoms with Gasteiger partial charge in [0.2, 0.25) is 0 Å². The van der Waals surface area contributed by atoms with E-state index in [0.29, 0.717) is 24.8 Å². The maximum Gasteiger partial charge on any atom is 0.276 e. The number of allylic oxidation sites excluding steroid dienone is 2. The molecule has 0 unspecified atom stereocenters. The molecule has 1 aromatic carbocycles. The molecule has 2 rings (SSSR count). The molecule has 0 spiro atoms. The third-order valence-electron chi connectivity index (χ3n) is 2.65. The topological polar surface area (TPSA) is 60.2 Å². The van der Waals surface area contributed by atoms with Crippen molar-refractivity contribution in [2.45, 2.75) is 19.3 Å². The molecule has 4 nitrogen and oxygen atoms in total. The van der Waals surface area contributed by atoms with Crippen LogP contribution in [-0.4, -0.2) is 10.7 Å². The zero-order valence-electron chi connectivity index (χ0n) is 8.68. The van der Waals surface area contributed by atoms with E-state index in [-0.39, 0.29) is 11.5 Å². The minimum absolute atomic E-state index is 0.0726. The van der Waals surface area contributed by atoms with Crippen LogP contribution in [0.25, 0.3) is 5.57 Å². The van der Waals surface area contributed by atoms with Crippen molar-refractivity contribution in [1.82, 2.24) is 0 Å². The van der Waals surface area contributed by atoms with Crippen LogP contribution in [0.5, 0.6) is 0 Å². The molecule has 1 aliphatic rings. The van der Waals surface area contributed by atoms with E-state index in [2.05, 4.69) is 0 Å². The van der Waals surface area contributed by atoms with Gasteiger partial charge in [-0.2, -0.15) is 0 Å². The molecule has 0 saturated heterocycles. The van der Waals surface area contributed by atoms with E-state index in [0.717, 1.165) is 5.57 Å². The SMILES string of the molecule is O=C1CCC=C(c2ccccc2[N+](=O)[O-])C1. The molecule has 1 aliphatic carbocycles. The minimum atomic E-state index is -0.407. The van der Waals surface area contributed by atoms with E-state index in [1.165, 1.54) is 6.07 Å². The number of ketones is 1. The van der Waals surface area contributed by atoms with Gasteiger partial charge in [0.1, 0.15) is 5.78 Å². The Balaban J connectivity index is 2.43. The number of para-hydroxylation sites is 1. The van der Waals surface area contributed by atoms with Gasteiger partial charge in [-0.1, -0.05) is 18.2 Å². The van der Waals surface area contributed by atoms with Gasteiger partial charge >= 0.3 is 0 Å². The molecule has 16 heavy (non-hydrogen) atoms. The Morgan fingerprint density at radius 1 is 1.25 bits per heavy atom. The third-order valence-corrected chi connectivity index (χ3v) is 2.65. The zero-order valence-corrected chi connectivity index (χ0v) is 8.68. The van der Waals surface area contributed by atoms with Crippen LogP contribution in [0.2, 0.25) is 0 Å². The Morgan fingerprint density at radius 3 is 2.69 bits per heavy atom. The fourth-order valence-corrected chi connectivity index (χ4v) is 1.89. The Hall–Kier alpha value is -1.97. The first kappa shape index (κ1) is 10.5. The van der Waals surface area contributed by atoms with Gasteiger partial charge in [0.15, 0.2) is 0 Å². The van der Waals surface area contributed by atoms with Gasteiger partial charge in [0.05, 0.1) is 10.5 Å². The first-order valence-corrected chi connectivity index (χ1v) is 5.13. The molecule has 0 amide bonds. The minimum Gasteiger partial charge on any atom is -0.299 e. The summed E-state index contributed by atoms with van der Waals surface area (Å²) in [6.07, 6.45) is 3.46. The fraction of sp³-hybridized carbons (Fsp3) is 0.250. The Kier molecular flexibility index (Phi) is 2.81. The number of carbonyl (C=O) groups is 1.